The van der Waals surface area contributed by atoms with Gasteiger partial charge in [0.1, 0.15) is 0 Å². The third-order valence-electron chi connectivity index (χ3n) is 0. The molecule has 0 aromatic carbocycles. The average molecular weight is 468 g/mol. The van der Waals surface area contributed by atoms with Gasteiger partial charge in [-0.15, -0.1) is 0 Å². The third kappa shape index (κ3) is 42.7. The molecule has 0 aliphatic heterocycles. The maximum Gasteiger partial charge on any atom is 3.00 e. The van der Waals surface area contributed by atoms with Crippen LogP contribution in [0.3, 0.4) is 0 Å². The van der Waals surface area contributed by atoms with E-state index in [-0.39, 0.29) is 121 Å². The minimum absolute atomic E-state index is 0. The molecule has 7 heteroatoms. The molecule has 0 rings (SSSR count). The van der Waals surface area contributed by atoms with Crippen molar-refractivity contribution in [3.8, 4) is 0 Å². The second-order valence-corrected chi connectivity index (χ2v) is 0. The van der Waals surface area contributed by atoms with Crippen LogP contribution in [0.1, 0.15) is 0 Å². The van der Waals surface area contributed by atoms with Crippen molar-refractivity contribution in [1.82, 2.24) is 0 Å². The van der Waals surface area contributed by atoms with Gasteiger partial charge in [-0.3, -0.25) is 0 Å². The van der Waals surface area contributed by atoms with E-state index >= 15 is 0 Å². The first-order valence-electron chi connectivity index (χ1n) is 0. The van der Waals surface area contributed by atoms with Crippen molar-refractivity contribution < 1.29 is 27.7 Å². The summed E-state index contributed by atoms with van der Waals surface area (Å²) in [5, 5.41) is 0. The Morgan fingerprint density at radius 1 is 0.429 bits per heavy atom. The summed E-state index contributed by atoms with van der Waals surface area (Å²) in [6.45, 7) is 0. The molecule has 7 heavy (non-hydrogen) atoms. The predicted molar refractivity (Wildman–Crippen MR) is 41.0 cm³/mol. The van der Waals surface area contributed by atoms with Crippen molar-refractivity contribution in [1.29, 1.82) is 0 Å². The second-order valence-electron chi connectivity index (χ2n) is 0. The van der Waals surface area contributed by atoms with E-state index in [1.807, 2.05) is 0 Å². The zero-order valence-electron chi connectivity index (χ0n) is 3.49. The standard InChI is InChI=1S/2Ga.Hg.4S/q2*+3;+2;4*-2. The summed E-state index contributed by atoms with van der Waals surface area (Å²) in [5.74, 6) is 0. The van der Waals surface area contributed by atoms with Gasteiger partial charge >= 0.3 is 67.2 Å². The molecule has 0 unspecified atom stereocenters. The molecule has 0 bridgehead atoms. The summed E-state index contributed by atoms with van der Waals surface area (Å²) >= 11 is 0. The van der Waals surface area contributed by atoms with Crippen LogP contribution < -0.4 is 0 Å². The van der Waals surface area contributed by atoms with Crippen LogP contribution in [-0.4, -0.2) is 39.6 Å². The molecule has 0 fully saturated rings. The van der Waals surface area contributed by atoms with Gasteiger partial charge in [0.15, 0.2) is 0 Å². The van der Waals surface area contributed by atoms with Gasteiger partial charge in [-0.05, 0) is 0 Å². The van der Waals surface area contributed by atoms with Crippen LogP contribution in [0.5, 0.6) is 0 Å². The van der Waals surface area contributed by atoms with Gasteiger partial charge in [-0.1, -0.05) is 0 Å². The van der Waals surface area contributed by atoms with E-state index in [1.54, 1.807) is 0 Å². The molecule has 0 saturated heterocycles. The van der Waals surface area contributed by atoms with Gasteiger partial charge in [0, 0.05) is 0 Å². The van der Waals surface area contributed by atoms with E-state index in [9.17, 15) is 0 Å². The zero-order valence-corrected chi connectivity index (χ0v) is 17.1. The van der Waals surface area contributed by atoms with Gasteiger partial charge in [-0.25, -0.2) is 0 Å². The molecule has 0 N–H and O–H groups in total. The van der Waals surface area contributed by atoms with Gasteiger partial charge in [0.2, 0.25) is 0 Å². The quantitative estimate of drug-likeness (QED) is 0.410. The summed E-state index contributed by atoms with van der Waals surface area (Å²) in [5.41, 5.74) is 0. The molecular weight excluding hydrogens is 468 g/mol. The van der Waals surface area contributed by atoms with Gasteiger partial charge in [0.05, 0.1) is 0 Å². The molecule has 0 nitrogen and oxygen atoms in total. The Morgan fingerprint density at radius 3 is 0.429 bits per heavy atom. The summed E-state index contributed by atoms with van der Waals surface area (Å²) in [6, 6.07) is 0. The second kappa shape index (κ2) is 54.7. The van der Waals surface area contributed by atoms with E-state index in [2.05, 4.69) is 0 Å². The maximum atomic E-state index is 0. The zero-order chi connectivity index (χ0) is 0. The van der Waals surface area contributed by atoms with Crippen molar-refractivity contribution in [2.45, 2.75) is 0 Å². The summed E-state index contributed by atoms with van der Waals surface area (Å²) < 4.78 is 0. The molecule has 0 radical (unpaired) electrons. The number of hydrogen-bond donors (Lipinski definition) is 0. The van der Waals surface area contributed by atoms with Crippen LogP contribution in [0.4, 0.5) is 0 Å². The predicted octanol–water partition coefficient (Wildman–Crippen LogP) is -0.774. The molecule has 32 valence electrons. The average Bonchev–Trinajstić information content (AvgIpc) is 0. The van der Waals surface area contributed by atoms with Crippen molar-refractivity contribution in [3.05, 3.63) is 0 Å². The fourth-order valence-corrected chi connectivity index (χ4v) is 0. The van der Waals surface area contributed by atoms with Crippen LogP contribution in [0.25, 0.3) is 0 Å². The maximum absolute atomic E-state index is 0. The fourth-order valence-electron chi connectivity index (χ4n) is 0. The molecular formula is Ga2HgS4. The Kier molecular flexibility index (Phi) is 588. The van der Waals surface area contributed by atoms with E-state index in [0.717, 1.165) is 0 Å². The molecule has 0 aliphatic carbocycles. The molecule has 0 amide bonds. The summed E-state index contributed by atoms with van der Waals surface area (Å²) in [6.07, 6.45) is 0. The molecule has 0 spiro atoms. The Bertz CT molecular complexity index is 9.65. The van der Waals surface area contributed by atoms with Crippen molar-refractivity contribution >= 4 is 93.6 Å². The Labute approximate surface area is 119 Å². The third-order valence-corrected chi connectivity index (χ3v) is 0. The first-order chi connectivity index (χ1) is 0. The molecule has 0 aliphatic rings. The fraction of sp³-hybridized carbons (Fsp3) is 0. The minimum Gasteiger partial charge on any atom is -2.00 e. The smallest absolute Gasteiger partial charge is 2.00 e. The van der Waals surface area contributed by atoms with Gasteiger partial charge < -0.3 is 54.0 Å². The monoisotopic (exact) mass is 468 g/mol. The number of rotatable bonds is 0. The first kappa shape index (κ1) is 75.2. The summed E-state index contributed by atoms with van der Waals surface area (Å²) in [4.78, 5) is 0. The molecule has 0 atom stereocenters. The van der Waals surface area contributed by atoms with E-state index in [0.29, 0.717) is 0 Å². The molecule has 0 heterocycles. The van der Waals surface area contributed by atoms with Crippen molar-refractivity contribution in [3.63, 3.8) is 0 Å². The largest absolute Gasteiger partial charge is 3.00 e. The molecule has 0 aromatic heterocycles. The van der Waals surface area contributed by atoms with Gasteiger partial charge in [0.25, 0.3) is 0 Å². The molecule has 0 aromatic rings. The first-order valence-corrected chi connectivity index (χ1v) is 0. The van der Waals surface area contributed by atoms with Crippen molar-refractivity contribution in [2.75, 3.05) is 0 Å². The Hall–Kier alpha value is 3.61. The summed E-state index contributed by atoms with van der Waals surface area (Å²) in [7, 11) is 0. The Balaban J connectivity index is 0. The minimum atomic E-state index is 0. The molecule has 0 saturated carbocycles. The van der Waals surface area contributed by atoms with Gasteiger partial charge in [-0.2, -0.15) is 0 Å². The Morgan fingerprint density at radius 2 is 0.429 bits per heavy atom. The van der Waals surface area contributed by atoms with E-state index < -0.39 is 0 Å². The van der Waals surface area contributed by atoms with Crippen LogP contribution in [-0.2, 0) is 81.7 Å². The van der Waals surface area contributed by atoms with Crippen LogP contribution >= 0.6 is 0 Å². The SMILES string of the molecule is [Ga+3].[Ga+3].[Hg+2].[S-2].[S-2].[S-2].[S-2]. The topological polar surface area (TPSA) is 0 Å². The normalized spacial score (nSPS) is 0. The van der Waals surface area contributed by atoms with Crippen LogP contribution in [0.15, 0.2) is 0 Å². The van der Waals surface area contributed by atoms with Crippen LogP contribution in [0, 0.1) is 0 Å². The van der Waals surface area contributed by atoms with Crippen molar-refractivity contribution in [2.24, 2.45) is 0 Å². The van der Waals surface area contributed by atoms with Crippen LogP contribution in [0.2, 0.25) is 0 Å². The number of hydrogen-bond acceptors (Lipinski definition) is 0. The van der Waals surface area contributed by atoms with E-state index in [4.69, 9.17) is 0 Å². The van der Waals surface area contributed by atoms with E-state index in [1.165, 1.54) is 0 Å².